The lowest BCUT2D eigenvalue weighted by Gasteiger charge is -2.27. The van der Waals surface area contributed by atoms with Gasteiger partial charge in [-0.25, -0.2) is 0 Å². The van der Waals surface area contributed by atoms with Gasteiger partial charge in [-0.3, -0.25) is 14.9 Å². The highest BCUT2D eigenvalue weighted by Gasteiger charge is 2.31. The Morgan fingerprint density at radius 1 is 1.15 bits per heavy atom. The fourth-order valence-electron chi connectivity index (χ4n) is 2.33. The van der Waals surface area contributed by atoms with Gasteiger partial charge >= 0.3 is 0 Å². The van der Waals surface area contributed by atoms with Gasteiger partial charge in [0.25, 0.3) is 0 Å². The molecule has 0 saturated carbocycles. The first kappa shape index (κ1) is 21.0. The van der Waals surface area contributed by atoms with Crippen molar-refractivity contribution in [2.45, 2.75) is 54.0 Å². The average Bonchev–Trinajstić information content (AvgIpc) is 3.06. The lowest BCUT2D eigenvalue weighted by atomic mass is 9.92. The summed E-state index contributed by atoms with van der Waals surface area (Å²) in [5.74, 6) is -0.421. The van der Waals surface area contributed by atoms with Crippen molar-refractivity contribution < 1.29 is 9.59 Å². The van der Waals surface area contributed by atoms with Crippen LogP contribution in [-0.2, 0) is 9.59 Å². The minimum absolute atomic E-state index is 0.000732. The molecule has 2 atom stereocenters. The van der Waals surface area contributed by atoms with E-state index in [0.29, 0.717) is 5.13 Å². The smallest absolute Gasteiger partial charge is 0.249 e. The molecule has 146 valence electrons. The summed E-state index contributed by atoms with van der Waals surface area (Å²) in [6, 6.07) is 7.36. The van der Waals surface area contributed by atoms with Crippen LogP contribution < -0.4 is 10.6 Å². The third kappa shape index (κ3) is 5.60. The second kappa shape index (κ2) is 8.61. The van der Waals surface area contributed by atoms with E-state index in [-0.39, 0.29) is 17.7 Å². The number of hydrogen-bond donors (Lipinski definition) is 2. The summed E-state index contributed by atoms with van der Waals surface area (Å²) in [6.07, 6.45) is 0.771. The second-order valence-electron chi connectivity index (χ2n) is 7.85. The molecule has 7 heteroatoms. The normalized spacial score (nSPS) is 13.7. The van der Waals surface area contributed by atoms with E-state index in [2.05, 4.69) is 20.8 Å². The van der Waals surface area contributed by atoms with E-state index in [4.69, 9.17) is 0 Å². The molecule has 0 saturated heterocycles. The van der Waals surface area contributed by atoms with Gasteiger partial charge in [-0.15, -0.1) is 10.2 Å². The molecule has 0 bridgehead atoms. The van der Waals surface area contributed by atoms with E-state index in [1.54, 1.807) is 0 Å². The highest BCUT2D eigenvalue weighted by atomic mass is 32.1. The third-order valence-electron chi connectivity index (χ3n) is 4.42. The summed E-state index contributed by atoms with van der Waals surface area (Å²) < 4.78 is 0. The maximum atomic E-state index is 12.8. The van der Waals surface area contributed by atoms with Gasteiger partial charge in [0.05, 0.1) is 0 Å². The highest BCUT2D eigenvalue weighted by Crippen LogP contribution is 2.27. The highest BCUT2D eigenvalue weighted by molar-refractivity contribution is 7.18. The zero-order valence-corrected chi connectivity index (χ0v) is 17.6. The Balaban J connectivity index is 2.13. The molecule has 1 aromatic carbocycles. The van der Waals surface area contributed by atoms with Gasteiger partial charge in [0.2, 0.25) is 16.9 Å². The number of carbonyl (C=O) groups is 2. The number of carbonyl (C=O) groups excluding carboxylic acids is 2. The van der Waals surface area contributed by atoms with Gasteiger partial charge in [-0.1, -0.05) is 82.2 Å². The SMILES string of the molecule is CC[C@H](C)[C@H](NC(=O)C(C)(C)C)C(=O)Nc1nnc(-c2ccc(C)cc2)s1. The number of nitrogens with zero attached hydrogens (tertiary/aromatic N) is 2. The number of nitrogens with one attached hydrogen (secondary N) is 2. The average molecular weight is 389 g/mol. The molecule has 0 aliphatic carbocycles. The Hall–Kier alpha value is -2.28. The van der Waals surface area contributed by atoms with Crippen molar-refractivity contribution in [3.63, 3.8) is 0 Å². The molecule has 2 amide bonds. The van der Waals surface area contributed by atoms with Crippen molar-refractivity contribution in [2.75, 3.05) is 5.32 Å². The zero-order chi connectivity index (χ0) is 20.2. The molecule has 1 heterocycles. The lowest BCUT2D eigenvalue weighted by molar-refractivity contribution is -0.132. The quantitative estimate of drug-likeness (QED) is 0.782. The summed E-state index contributed by atoms with van der Waals surface area (Å²) in [4.78, 5) is 25.1. The van der Waals surface area contributed by atoms with E-state index in [0.717, 1.165) is 17.0 Å². The number of rotatable bonds is 6. The largest absolute Gasteiger partial charge is 0.344 e. The van der Waals surface area contributed by atoms with Crippen LogP contribution in [-0.4, -0.2) is 28.1 Å². The molecular formula is C20H28N4O2S. The summed E-state index contributed by atoms with van der Waals surface area (Å²) in [7, 11) is 0. The van der Waals surface area contributed by atoms with Crippen molar-refractivity contribution in [2.24, 2.45) is 11.3 Å². The molecule has 0 aliphatic heterocycles. The van der Waals surface area contributed by atoms with Crippen LogP contribution in [0, 0.1) is 18.3 Å². The summed E-state index contributed by atoms with van der Waals surface area (Å²) >= 11 is 1.31. The fraction of sp³-hybridized carbons (Fsp3) is 0.500. The standard InChI is InChI=1S/C20H28N4O2S/c1-7-13(3)15(21-18(26)20(4,5)6)16(25)22-19-24-23-17(27-19)14-10-8-12(2)9-11-14/h8-11,13,15H,7H2,1-6H3,(H,21,26)(H,22,24,25)/t13-,15-/m0/s1. The van der Waals surface area contributed by atoms with Crippen LogP contribution in [0.1, 0.15) is 46.6 Å². The van der Waals surface area contributed by atoms with Gasteiger partial charge in [-0.2, -0.15) is 0 Å². The minimum atomic E-state index is -0.617. The topological polar surface area (TPSA) is 84.0 Å². The second-order valence-corrected chi connectivity index (χ2v) is 8.83. The number of anilines is 1. The predicted octanol–water partition coefficient (Wildman–Crippen LogP) is 4.03. The Morgan fingerprint density at radius 2 is 1.78 bits per heavy atom. The molecule has 2 N–H and O–H groups in total. The van der Waals surface area contributed by atoms with Crippen LogP contribution >= 0.6 is 11.3 Å². The molecule has 0 unspecified atom stereocenters. The zero-order valence-electron chi connectivity index (χ0n) is 16.8. The van der Waals surface area contributed by atoms with Crippen molar-refractivity contribution in [3.05, 3.63) is 29.8 Å². The van der Waals surface area contributed by atoms with E-state index < -0.39 is 11.5 Å². The molecule has 0 aliphatic rings. The maximum absolute atomic E-state index is 12.8. The van der Waals surface area contributed by atoms with Crippen molar-refractivity contribution >= 4 is 28.3 Å². The molecule has 6 nitrogen and oxygen atoms in total. The number of aryl methyl sites for hydroxylation is 1. The van der Waals surface area contributed by atoms with Gasteiger partial charge in [0, 0.05) is 11.0 Å². The van der Waals surface area contributed by atoms with Crippen LogP contribution in [0.4, 0.5) is 5.13 Å². The Kier molecular flexibility index (Phi) is 6.70. The van der Waals surface area contributed by atoms with Crippen LogP contribution in [0.15, 0.2) is 24.3 Å². The Morgan fingerprint density at radius 3 is 2.33 bits per heavy atom. The Bertz CT molecular complexity index is 793. The summed E-state index contributed by atoms with van der Waals surface area (Å²) in [6.45, 7) is 11.4. The predicted molar refractivity (Wildman–Crippen MR) is 110 cm³/mol. The van der Waals surface area contributed by atoms with E-state index >= 15 is 0 Å². The van der Waals surface area contributed by atoms with Crippen LogP contribution in [0.5, 0.6) is 0 Å². The van der Waals surface area contributed by atoms with Crippen molar-refractivity contribution in [3.8, 4) is 10.6 Å². The molecule has 0 fully saturated rings. The number of aromatic nitrogens is 2. The van der Waals surface area contributed by atoms with Crippen LogP contribution in [0.2, 0.25) is 0 Å². The monoisotopic (exact) mass is 388 g/mol. The first-order valence-electron chi connectivity index (χ1n) is 9.14. The number of benzene rings is 1. The summed E-state index contributed by atoms with van der Waals surface area (Å²) in [5.41, 5.74) is 1.56. The van der Waals surface area contributed by atoms with Gasteiger partial charge < -0.3 is 5.32 Å². The molecular weight excluding hydrogens is 360 g/mol. The van der Waals surface area contributed by atoms with Crippen molar-refractivity contribution in [1.82, 2.24) is 15.5 Å². The first-order chi connectivity index (χ1) is 12.6. The number of hydrogen-bond acceptors (Lipinski definition) is 5. The van der Waals surface area contributed by atoms with Gasteiger partial charge in [0.15, 0.2) is 0 Å². The molecule has 2 aromatic rings. The van der Waals surface area contributed by atoms with E-state index in [9.17, 15) is 9.59 Å². The van der Waals surface area contributed by atoms with Gasteiger partial charge in [0.1, 0.15) is 11.0 Å². The van der Waals surface area contributed by atoms with E-state index in [1.807, 2.05) is 65.8 Å². The summed E-state index contributed by atoms with van der Waals surface area (Å²) in [5, 5.41) is 15.1. The molecule has 0 spiro atoms. The van der Waals surface area contributed by atoms with Crippen LogP contribution in [0.3, 0.4) is 0 Å². The fourth-order valence-corrected chi connectivity index (χ4v) is 3.08. The molecule has 0 radical (unpaired) electrons. The maximum Gasteiger partial charge on any atom is 0.249 e. The molecule has 2 rings (SSSR count). The first-order valence-corrected chi connectivity index (χ1v) is 9.95. The lowest BCUT2D eigenvalue weighted by Crippen LogP contribution is -2.50. The van der Waals surface area contributed by atoms with E-state index in [1.165, 1.54) is 16.9 Å². The number of amides is 2. The van der Waals surface area contributed by atoms with Crippen LogP contribution in [0.25, 0.3) is 10.6 Å². The molecule has 1 aromatic heterocycles. The van der Waals surface area contributed by atoms with Crippen molar-refractivity contribution in [1.29, 1.82) is 0 Å². The third-order valence-corrected chi connectivity index (χ3v) is 5.30. The van der Waals surface area contributed by atoms with Gasteiger partial charge in [-0.05, 0) is 12.8 Å². The minimum Gasteiger partial charge on any atom is -0.344 e. The Labute approximate surface area is 164 Å². The molecule has 27 heavy (non-hydrogen) atoms.